The molecule has 0 aliphatic rings. The van der Waals surface area contributed by atoms with E-state index in [1.54, 1.807) is 29.4 Å². The Bertz CT molecular complexity index is 873. The molecule has 0 atom stereocenters. The van der Waals surface area contributed by atoms with Crippen LogP contribution < -0.4 is 5.32 Å². The highest BCUT2D eigenvalue weighted by Crippen LogP contribution is 2.22. The topological polar surface area (TPSA) is 72.7 Å². The second-order valence-corrected chi connectivity index (χ2v) is 6.90. The fourth-order valence-electron chi connectivity index (χ4n) is 2.42. The molecule has 6 nitrogen and oxygen atoms in total. The Labute approximate surface area is 147 Å². The zero-order valence-electron chi connectivity index (χ0n) is 14.8. The van der Waals surface area contributed by atoms with Crippen LogP contribution in [0.3, 0.4) is 0 Å². The second kappa shape index (κ2) is 6.47. The van der Waals surface area contributed by atoms with Crippen molar-refractivity contribution in [3.8, 4) is 5.95 Å². The molecule has 0 bridgehead atoms. The van der Waals surface area contributed by atoms with Crippen molar-refractivity contribution < 1.29 is 4.79 Å². The Morgan fingerprint density at radius 2 is 1.68 bits per heavy atom. The third-order valence-corrected chi connectivity index (χ3v) is 3.95. The van der Waals surface area contributed by atoms with E-state index in [0.29, 0.717) is 17.2 Å². The van der Waals surface area contributed by atoms with Gasteiger partial charge >= 0.3 is 0 Å². The highest BCUT2D eigenvalue weighted by atomic mass is 16.1. The highest BCUT2D eigenvalue weighted by molar-refractivity contribution is 6.04. The van der Waals surface area contributed by atoms with E-state index in [0.717, 1.165) is 5.82 Å². The smallest absolute Gasteiger partial charge is 0.255 e. The maximum absolute atomic E-state index is 12.4. The fraction of sp³-hybridized carbons (Fsp3) is 0.263. The number of hydrogen-bond donors (Lipinski definition) is 1. The zero-order chi connectivity index (χ0) is 18.0. The summed E-state index contributed by atoms with van der Waals surface area (Å²) in [5, 5.41) is 2.81. The maximum Gasteiger partial charge on any atom is 0.255 e. The zero-order valence-corrected chi connectivity index (χ0v) is 14.8. The number of aromatic nitrogens is 4. The van der Waals surface area contributed by atoms with E-state index in [-0.39, 0.29) is 11.3 Å². The van der Waals surface area contributed by atoms with Gasteiger partial charge in [-0.05, 0) is 30.0 Å². The van der Waals surface area contributed by atoms with Crippen LogP contribution in [0.25, 0.3) is 5.95 Å². The summed E-state index contributed by atoms with van der Waals surface area (Å²) in [5.74, 6) is 1.13. The molecule has 0 aliphatic carbocycles. The number of imidazole rings is 1. The van der Waals surface area contributed by atoms with E-state index in [1.165, 1.54) is 5.56 Å². The first-order valence-electron chi connectivity index (χ1n) is 8.09. The van der Waals surface area contributed by atoms with Gasteiger partial charge in [0.1, 0.15) is 5.82 Å². The molecule has 2 heterocycles. The number of carbonyl (C=O) groups is 1. The molecule has 0 fully saturated rings. The van der Waals surface area contributed by atoms with Gasteiger partial charge in [-0.2, -0.15) is 0 Å². The van der Waals surface area contributed by atoms with Crippen molar-refractivity contribution in [3.63, 3.8) is 0 Å². The lowest BCUT2D eigenvalue weighted by Gasteiger charge is -2.19. The quantitative estimate of drug-likeness (QED) is 0.795. The van der Waals surface area contributed by atoms with Gasteiger partial charge in [0.2, 0.25) is 5.95 Å². The van der Waals surface area contributed by atoms with Gasteiger partial charge in [-0.3, -0.25) is 9.36 Å². The summed E-state index contributed by atoms with van der Waals surface area (Å²) in [6, 6.07) is 7.63. The van der Waals surface area contributed by atoms with Crippen molar-refractivity contribution >= 4 is 11.6 Å². The summed E-state index contributed by atoms with van der Waals surface area (Å²) >= 11 is 0. The SMILES string of the molecule is Cc1nccn1-c1ncc(NC(=O)c2ccc(C(C)(C)C)cc2)cn1. The number of amides is 1. The summed E-state index contributed by atoms with van der Waals surface area (Å²) in [4.78, 5) is 25.0. The van der Waals surface area contributed by atoms with E-state index < -0.39 is 0 Å². The van der Waals surface area contributed by atoms with Crippen LogP contribution in [0.2, 0.25) is 0 Å². The summed E-state index contributed by atoms with van der Waals surface area (Å²) in [7, 11) is 0. The van der Waals surface area contributed by atoms with Gasteiger partial charge in [0.25, 0.3) is 5.91 Å². The standard InChI is InChI=1S/C19H21N5O/c1-13-20-9-10-24(13)18-21-11-16(12-22-18)23-17(25)14-5-7-15(8-6-14)19(2,3)4/h5-12H,1-4H3,(H,23,25). The van der Waals surface area contributed by atoms with Crippen LogP contribution in [-0.2, 0) is 5.41 Å². The Morgan fingerprint density at radius 3 is 2.20 bits per heavy atom. The van der Waals surface area contributed by atoms with E-state index >= 15 is 0 Å². The van der Waals surface area contributed by atoms with E-state index in [9.17, 15) is 4.79 Å². The third kappa shape index (κ3) is 3.74. The Balaban J connectivity index is 1.72. The molecule has 0 saturated heterocycles. The Morgan fingerprint density at radius 1 is 1.04 bits per heavy atom. The number of carbonyl (C=O) groups excluding carboxylic acids is 1. The largest absolute Gasteiger partial charge is 0.319 e. The van der Waals surface area contributed by atoms with Crippen molar-refractivity contribution in [2.75, 3.05) is 5.32 Å². The van der Waals surface area contributed by atoms with E-state index in [2.05, 4.69) is 41.0 Å². The summed E-state index contributed by atoms with van der Waals surface area (Å²) in [5.41, 5.74) is 2.39. The molecule has 0 aliphatic heterocycles. The van der Waals surface area contributed by atoms with Crippen LogP contribution in [0.5, 0.6) is 0 Å². The van der Waals surface area contributed by atoms with Gasteiger partial charge in [0, 0.05) is 18.0 Å². The highest BCUT2D eigenvalue weighted by Gasteiger charge is 2.14. The van der Waals surface area contributed by atoms with E-state index in [1.807, 2.05) is 31.2 Å². The first-order chi connectivity index (χ1) is 11.8. The Kier molecular flexibility index (Phi) is 4.35. The number of nitrogens with one attached hydrogen (secondary N) is 1. The number of anilines is 1. The van der Waals surface area contributed by atoms with Gasteiger partial charge in [-0.25, -0.2) is 15.0 Å². The molecule has 2 aromatic heterocycles. The molecule has 1 amide bonds. The molecule has 0 radical (unpaired) electrons. The molecule has 0 spiro atoms. The maximum atomic E-state index is 12.4. The molecule has 128 valence electrons. The van der Waals surface area contributed by atoms with Gasteiger partial charge < -0.3 is 5.32 Å². The van der Waals surface area contributed by atoms with Gasteiger partial charge in [-0.1, -0.05) is 32.9 Å². The predicted molar refractivity (Wildman–Crippen MR) is 97.0 cm³/mol. The van der Waals surface area contributed by atoms with Crippen molar-refractivity contribution in [1.29, 1.82) is 0 Å². The van der Waals surface area contributed by atoms with Crippen molar-refractivity contribution in [3.05, 3.63) is 66.0 Å². The number of benzene rings is 1. The molecule has 0 saturated carbocycles. The molecular weight excluding hydrogens is 314 g/mol. The number of hydrogen-bond acceptors (Lipinski definition) is 4. The lowest BCUT2D eigenvalue weighted by Crippen LogP contribution is -2.15. The minimum absolute atomic E-state index is 0.0597. The van der Waals surface area contributed by atoms with Crippen LogP contribution in [-0.4, -0.2) is 25.4 Å². The molecule has 25 heavy (non-hydrogen) atoms. The lowest BCUT2D eigenvalue weighted by atomic mass is 9.87. The normalized spacial score (nSPS) is 11.4. The van der Waals surface area contributed by atoms with Gasteiger partial charge in [0.05, 0.1) is 18.1 Å². The average molecular weight is 335 g/mol. The monoisotopic (exact) mass is 335 g/mol. The predicted octanol–water partition coefficient (Wildman–Crippen LogP) is 3.52. The molecule has 1 N–H and O–H groups in total. The number of rotatable bonds is 3. The summed E-state index contributed by atoms with van der Waals surface area (Å²) in [6.45, 7) is 8.30. The minimum Gasteiger partial charge on any atom is -0.319 e. The number of aryl methyl sites for hydroxylation is 1. The van der Waals surface area contributed by atoms with Gasteiger partial charge in [-0.15, -0.1) is 0 Å². The lowest BCUT2D eigenvalue weighted by molar-refractivity contribution is 0.102. The minimum atomic E-state index is -0.185. The van der Waals surface area contributed by atoms with Gasteiger partial charge in [0.15, 0.2) is 0 Å². The van der Waals surface area contributed by atoms with E-state index in [4.69, 9.17) is 0 Å². The second-order valence-electron chi connectivity index (χ2n) is 6.90. The first-order valence-corrected chi connectivity index (χ1v) is 8.09. The van der Waals surface area contributed by atoms with Crippen LogP contribution in [0, 0.1) is 6.92 Å². The molecular formula is C19H21N5O. The third-order valence-electron chi connectivity index (χ3n) is 3.95. The summed E-state index contributed by atoms with van der Waals surface area (Å²) < 4.78 is 1.77. The Hall–Kier alpha value is -3.02. The van der Waals surface area contributed by atoms with Crippen LogP contribution in [0.1, 0.15) is 42.5 Å². The van der Waals surface area contributed by atoms with Crippen LogP contribution in [0.15, 0.2) is 49.1 Å². The molecule has 0 unspecified atom stereocenters. The average Bonchev–Trinajstić information content (AvgIpc) is 3.01. The molecule has 3 rings (SSSR count). The van der Waals surface area contributed by atoms with Crippen LogP contribution in [0.4, 0.5) is 5.69 Å². The number of nitrogens with zero attached hydrogens (tertiary/aromatic N) is 4. The van der Waals surface area contributed by atoms with Crippen LogP contribution >= 0.6 is 0 Å². The van der Waals surface area contributed by atoms with Crippen molar-refractivity contribution in [2.24, 2.45) is 0 Å². The van der Waals surface area contributed by atoms with Crippen molar-refractivity contribution in [2.45, 2.75) is 33.1 Å². The molecule has 3 aromatic rings. The summed E-state index contributed by atoms with van der Waals surface area (Å²) in [6.07, 6.45) is 6.65. The first kappa shape index (κ1) is 16.8. The van der Waals surface area contributed by atoms with Crippen molar-refractivity contribution in [1.82, 2.24) is 19.5 Å². The molecule has 1 aromatic carbocycles. The molecule has 6 heteroatoms. The fourth-order valence-corrected chi connectivity index (χ4v) is 2.42.